The van der Waals surface area contributed by atoms with Gasteiger partial charge in [0.2, 0.25) is 12.0 Å². The number of aromatic nitrogens is 2. The van der Waals surface area contributed by atoms with Crippen molar-refractivity contribution in [3.05, 3.63) is 143 Å². The van der Waals surface area contributed by atoms with Crippen LogP contribution in [0.2, 0.25) is 0 Å². The number of carbonyl (C=O) groups is 2. The molecule has 1 heterocycles. The van der Waals surface area contributed by atoms with E-state index in [1.807, 2.05) is 66.7 Å². The number of hydrogen-bond donors (Lipinski definition) is 0. The number of methoxy groups -OCH3 is 3. The van der Waals surface area contributed by atoms with Gasteiger partial charge >= 0.3 is 12.0 Å². The van der Waals surface area contributed by atoms with E-state index in [-0.39, 0.29) is 24.3 Å². The molecule has 4 aromatic carbocycles. The molecule has 10 nitrogen and oxygen atoms in total. The van der Waals surface area contributed by atoms with E-state index in [1.54, 1.807) is 55.5 Å². The predicted octanol–water partition coefficient (Wildman–Crippen LogP) is 6.14. The summed E-state index contributed by atoms with van der Waals surface area (Å²) in [6, 6.07) is 33.7. The minimum atomic E-state index is -1.73. The first-order valence-corrected chi connectivity index (χ1v) is 15.1. The third-order valence-electron chi connectivity index (χ3n) is 7.59. The molecule has 246 valence electrons. The van der Waals surface area contributed by atoms with E-state index in [4.69, 9.17) is 28.4 Å². The van der Waals surface area contributed by atoms with Gasteiger partial charge in [-0.3, -0.25) is 4.79 Å². The lowest BCUT2D eigenvalue weighted by atomic mass is 9.81. The summed E-state index contributed by atoms with van der Waals surface area (Å²) in [5, 5.41) is 0. The van der Waals surface area contributed by atoms with Gasteiger partial charge in [0.25, 0.3) is 0 Å². The average molecular weight is 649 g/mol. The highest BCUT2D eigenvalue weighted by Gasteiger charge is 2.51. The normalized spacial score (nSPS) is 11.7. The maximum absolute atomic E-state index is 14.4. The molecule has 0 bridgehead atoms. The summed E-state index contributed by atoms with van der Waals surface area (Å²) in [7, 11) is 4.48. The first kappa shape index (κ1) is 33.6. The van der Waals surface area contributed by atoms with Crippen LogP contribution in [0, 0.1) is 6.92 Å². The zero-order valence-corrected chi connectivity index (χ0v) is 27.1. The highest BCUT2D eigenvalue weighted by molar-refractivity contribution is 5.97. The third-order valence-corrected chi connectivity index (χ3v) is 7.59. The molecule has 5 aromatic rings. The van der Waals surface area contributed by atoms with Gasteiger partial charge in [0.1, 0.15) is 13.2 Å². The third kappa shape index (κ3) is 7.62. The Hall–Kier alpha value is -5.74. The number of ketones is 1. The minimum absolute atomic E-state index is 0.0399. The van der Waals surface area contributed by atoms with E-state index < -0.39 is 24.3 Å². The lowest BCUT2D eigenvalue weighted by Crippen LogP contribution is -2.52. The zero-order chi connectivity index (χ0) is 33.9. The fourth-order valence-corrected chi connectivity index (χ4v) is 5.23. The van der Waals surface area contributed by atoms with Crippen molar-refractivity contribution in [2.45, 2.75) is 25.2 Å². The van der Waals surface area contributed by atoms with E-state index in [0.29, 0.717) is 33.9 Å². The van der Waals surface area contributed by atoms with E-state index in [0.717, 1.165) is 5.56 Å². The van der Waals surface area contributed by atoms with Crippen LogP contribution in [0.25, 0.3) is 0 Å². The van der Waals surface area contributed by atoms with Crippen molar-refractivity contribution in [2.75, 3.05) is 27.9 Å². The topological polar surface area (TPSA) is 115 Å². The molecule has 0 radical (unpaired) electrons. The summed E-state index contributed by atoms with van der Waals surface area (Å²) in [5.41, 5.74) is 0.951. The summed E-state index contributed by atoms with van der Waals surface area (Å²) in [6.45, 7) is 1.25. The molecule has 0 fully saturated rings. The Morgan fingerprint density at radius 1 is 0.708 bits per heavy atom. The average Bonchev–Trinajstić information content (AvgIpc) is 3.14. The van der Waals surface area contributed by atoms with Crippen molar-refractivity contribution in [3.63, 3.8) is 0 Å². The maximum Gasteiger partial charge on any atom is 0.351 e. The van der Waals surface area contributed by atoms with Crippen LogP contribution in [-0.4, -0.2) is 55.8 Å². The standard InChI is InChI=1S/C38H36N2O8/c1-26-22-34(45-4)40-37(39-26)48-35(36(42)46-24-27-14-8-5-9-15-27)38(29-16-10-6-11-17-29,30-18-12-7-13-19-30)47-25-31(41)28-20-21-32(43-2)33(23-28)44-3/h5-23,35H,24-25H2,1-4H3. The predicted molar refractivity (Wildman–Crippen MR) is 177 cm³/mol. The fourth-order valence-electron chi connectivity index (χ4n) is 5.23. The summed E-state index contributed by atoms with van der Waals surface area (Å²) < 4.78 is 35.1. The molecule has 0 spiro atoms. The van der Waals surface area contributed by atoms with E-state index >= 15 is 0 Å². The van der Waals surface area contributed by atoms with Crippen molar-refractivity contribution in [1.29, 1.82) is 0 Å². The highest BCUT2D eigenvalue weighted by Crippen LogP contribution is 2.40. The molecule has 0 aliphatic carbocycles. The van der Waals surface area contributed by atoms with Crippen LogP contribution in [-0.2, 0) is 26.5 Å². The second kappa shape index (κ2) is 15.7. The van der Waals surface area contributed by atoms with Crippen LogP contribution in [0.4, 0.5) is 0 Å². The molecule has 0 aliphatic heterocycles. The van der Waals surface area contributed by atoms with E-state index in [9.17, 15) is 9.59 Å². The Bertz CT molecular complexity index is 1780. The number of hydrogen-bond acceptors (Lipinski definition) is 10. The van der Waals surface area contributed by atoms with Crippen molar-refractivity contribution in [2.24, 2.45) is 0 Å². The van der Waals surface area contributed by atoms with E-state index in [2.05, 4.69) is 9.97 Å². The molecule has 0 aliphatic rings. The Kier molecular flexibility index (Phi) is 11.0. The SMILES string of the molecule is COc1cc(C)nc(OC(C(=O)OCc2ccccc2)C(OCC(=O)c2ccc(OC)c(OC)c2)(c2ccccc2)c2ccccc2)n1. The number of nitrogens with zero attached hydrogens (tertiary/aromatic N) is 2. The molecule has 0 N–H and O–H groups in total. The van der Waals surface area contributed by atoms with Crippen molar-refractivity contribution >= 4 is 11.8 Å². The fraction of sp³-hybridized carbons (Fsp3) is 0.211. The van der Waals surface area contributed by atoms with Crippen molar-refractivity contribution < 1.29 is 38.0 Å². The molecule has 1 atom stereocenters. The van der Waals surface area contributed by atoms with Gasteiger partial charge in [0, 0.05) is 17.3 Å². The second-order valence-corrected chi connectivity index (χ2v) is 10.7. The van der Waals surface area contributed by atoms with E-state index in [1.165, 1.54) is 21.3 Å². The number of aryl methyl sites for hydroxylation is 1. The number of ether oxygens (including phenoxy) is 6. The lowest BCUT2D eigenvalue weighted by Gasteiger charge is -2.39. The van der Waals surface area contributed by atoms with Gasteiger partial charge in [-0.25, -0.2) is 9.78 Å². The monoisotopic (exact) mass is 648 g/mol. The number of Topliss-reactive ketones (excluding diaryl/α,β-unsaturated/α-hetero) is 1. The Morgan fingerprint density at radius 2 is 1.31 bits per heavy atom. The molecule has 1 aromatic heterocycles. The molecule has 1 unspecified atom stereocenters. The largest absolute Gasteiger partial charge is 0.493 e. The molecule has 48 heavy (non-hydrogen) atoms. The number of benzene rings is 4. The smallest absolute Gasteiger partial charge is 0.351 e. The van der Waals surface area contributed by atoms with Crippen LogP contribution in [0.5, 0.6) is 23.4 Å². The minimum Gasteiger partial charge on any atom is -0.493 e. The van der Waals surface area contributed by atoms with Crippen LogP contribution in [0.3, 0.4) is 0 Å². The van der Waals surface area contributed by atoms with Crippen LogP contribution < -0.4 is 18.9 Å². The molecule has 5 rings (SSSR count). The van der Waals surface area contributed by atoms with Crippen LogP contribution in [0.15, 0.2) is 115 Å². The first-order valence-electron chi connectivity index (χ1n) is 15.1. The second-order valence-electron chi connectivity index (χ2n) is 10.7. The van der Waals surface area contributed by atoms with Gasteiger partial charge < -0.3 is 28.4 Å². The summed E-state index contributed by atoms with van der Waals surface area (Å²) in [4.78, 5) is 37.0. The molecule has 0 saturated carbocycles. The van der Waals surface area contributed by atoms with Gasteiger partial charge in [-0.1, -0.05) is 91.0 Å². The number of carbonyl (C=O) groups excluding carboxylic acids is 2. The summed E-state index contributed by atoms with van der Waals surface area (Å²) >= 11 is 0. The van der Waals surface area contributed by atoms with Crippen molar-refractivity contribution in [3.8, 4) is 23.4 Å². The van der Waals surface area contributed by atoms with Gasteiger partial charge in [0.05, 0.1) is 21.3 Å². The van der Waals surface area contributed by atoms with Gasteiger partial charge in [-0.05, 0) is 41.8 Å². The quantitative estimate of drug-likeness (QED) is 0.0968. The molecule has 0 amide bonds. The summed E-state index contributed by atoms with van der Waals surface area (Å²) in [5.74, 6) is -0.0483. The van der Waals surface area contributed by atoms with Gasteiger partial charge in [0.15, 0.2) is 22.9 Å². The molecule has 10 heteroatoms. The lowest BCUT2D eigenvalue weighted by molar-refractivity contribution is -0.170. The first-order chi connectivity index (χ1) is 23.4. The van der Waals surface area contributed by atoms with Crippen LogP contribution in [0.1, 0.15) is 32.7 Å². The number of rotatable bonds is 15. The maximum atomic E-state index is 14.4. The van der Waals surface area contributed by atoms with Crippen LogP contribution >= 0.6 is 0 Å². The Balaban J connectivity index is 1.65. The van der Waals surface area contributed by atoms with Crippen molar-refractivity contribution in [1.82, 2.24) is 9.97 Å². The molecular weight excluding hydrogens is 612 g/mol. The zero-order valence-electron chi connectivity index (χ0n) is 27.1. The Labute approximate surface area is 279 Å². The number of esters is 1. The molecule has 0 saturated heterocycles. The Morgan fingerprint density at radius 3 is 1.90 bits per heavy atom. The summed E-state index contributed by atoms with van der Waals surface area (Å²) in [6.07, 6.45) is -1.55. The van der Waals surface area contributed by atoms with Gasteiger partial charge in [-0.15, -0.1) is 0 Å². The highest BCUT2D eigenvalue weighted by atomic mass is 16.6. The molecular formula is C38H36N2O8. The van der Waals surface area contributed by atoms with Gasteiger partial charge in [-0.2, -0.15) is 4.98 Å².